The maximum atomic E-state index is 11.2. The van der Waals surface area contributed by atoms with Gasteiger partial charge in [0.2, 0.25) is 0 Å². The van der Waals surface area contributed by atoms with E-state index in [0.717, 1.165) is 5.39 Å². The highest BCUT2D eigenvalue weighted by Crippen LogP contribution is 2.15. The number of nitrogens with zero attached hydrogens (tertiary/aromatic N) is 2. The maximum absolute atomic E-state index is 11.2. The average Bonchev–Trinajstić information content (AvgIpc) is 2.16. The Labute approximate surface area is 81.5 Å². The molecule has 0 unspecified atom stereocenters. The summed E-state index contributed by atoms with van der Waals surface area (Å²) in [4.78, 5) is 8.11. The minimum Gasteiger partial charge on any atom is -0.244 e. The first-order valence-electron chi connectivity index (χ1n) is 3.97. The third kappa shape index (κ3) is 1.58. The van der Waals surface area contributed by atoms with Crippen molar-refractivity contribution in [3.63, 3.8) is 0 Å². The zero-order valence-corrected chi connectivity index (χ0v) is 8.32. The summed E-state index contributed by atoms with van der Waals surface area (Å²) in [6.45, 7) is 0. The molecule has 14 heavy (non-hydrogen) atoms. The Morgan fingerprint density at radius 2 is 2.07 bits per heavy atom. The maximum Gasteiger partial charge on any atom is 0.175 e. The van der Waals surface area contributed by atoms with Crippen LogP contribution in [0.4, 0.5) is 0 Å². The second-order valence-corrected chi connectivity index (χ2v) is 5.03. The van der Waals surface area contributed by atoms with Crippen molar-refractivity contribution in [3.8, 4) is 0 Å². The van der Waals surface area contributed by atoms with E-state index in [1.54, 1.807) is 24.4 Å². The molecule has 0 atom stereocenters. The van der Waals surface area contributed by atoms with E-state index in [1.165, 1.54) is 12.6 Å². The summed E-state index contributed by atoms with van der Waals surface area (Å²) < 4.78 is 22.5. The van der Waals surface area contributed by atoms with Gasteiger partial charge in [0.25, 0.3) is 0 Å². The molecule has 0 saturated heterocycles. The summed E-state index contributed by atoms with van der Waals surface area (Å²) in [5.74, 6) is 0. The van der Waals surface area contributed by atoms with Gasteiger partial charge in [-0.1, -0.05) is 0 Å². The van der Waals surface area contributed by atoms with Gasteiger partial charge in [-0.3, -0.25) is 0 Å². The molecule has 0 aliphatic carbocycles. The predicted octanol–water partition coefficient (Wildman–Crippen LogP) is 1.03. The summed E-state index contributed by atoms with van der Waals surface area (Å²) in [5, 5.41) is 0.833. The smallest absolute Gasteiger partial charge is 0.175 e. The van der Waals surface area contributed by atoms with Crippen molar-refractivity contribution in [2.45, 2.75) is 4.90 Å². The Kier molecular flexibility index (Phi) is 1.96. The molecule has 0 saturated carbocycles. The molecule has 2 aromatic rings. The van der Waals surface area contributed by atoms with Crippen LogP contribution in [0.15, 0.2) is 35.6 Å². The highest BCUT2D eigenvalue weighted by atomic mass is 32.2. The minimum absolute atomic E-state index is 0.281. The largest absolute Gasteiger partial charge is 0.244 e. The minimum atomic E-state index is -3.15. The van der Waals surface area contributed by atoms with Crippen molar-refractivity contribution >= 4 is 20.7 Å². The lowest BCUT2D eigenvalue weighted by Gasteiger charge is -1.99. The van der Waals surface area contributed by atoms with Crippen molar-refractivity contribution in [2.24, 2.45) is 0 Å². The number of benzene rings is 1. The molecule has 2 rings (SSSR count). The second kappa shape index (κ2) is 3.02. The number of fused-ring (bicyclic) bond motifs is 1. The molecule has 1 aromatic carbocycles. The van der Waals surface area contributed by atoms with Crippen molar-refractivity contribution in [2.75, 3.05) is 6.26 Å². The lowest BCUT2D eigenvalue weighted by Crippen LogP contribution is -1.96. The average molecular weight is 208 g/mol. The van der Waals surface area contributed by atoms with Gasteiger partial charge in [0.1, 0.15) is 6.33 Å². The molecule has 72 valence electrons. The van der Waals surface area contributed by atoms with Crippen LogP contribution in [0.25, 0.3) is 10.9 Å². The quantitative estimate of drug-likeness (QED) is 0.702. The fourth-order valence-corrected chi connectivity index (χ4v) is 1.83. The molecule has 5 heteroatoms. The van der Waals surface area contributed by atoms with E-state index in [-0.39, 0.29) is 4.90 Å². The Morgan fingerprint density at radius 1 is 1.29 bits per heavy atom. The molecule has 4 nitrogen and oxygen atoms in total. The van der Waals surface area contributed by atoms with E-state index in [2.05, 4.69) is 9.97 Å². The number of rotatable bonds is 1. The Morgan fingerprint density at radius 3 is 2.79 bits per heavy atom. The van der Waals surface area contributed by atoms with Crippen LogP contribution in [-0.2, 0) is 9.84 Å². The molecule has 0 spiro atoms. The molecule has 0 fully saturated rings. The first kappa shape index (κ1) is 9.08. The summed E-state index contributed by atoms with van der Waals surface area (Å²) in [7, 11) is -3.15. The fourth-order valence-electron chi connectivity index (χ4n) is 1.18. The topological polar surface area (TPSA) is 59.9 Å². The normalized spacial score (nSPS) is 11.8. The zero-order valence-electron chi connectivity index (χ0n) is 7.51. The number of aromatic nitrogens is 2. The van der Waals surface area contributed by atoms with Gasteiger partial charge in [-0.25, -0.2) is 18.4 Å². The van der Waals surface area contributed by atoms with E-state index >= 15 is 0 Å². The number of hydrogen-bond donors (Lipinski definition) is 0. The van der Waals surface area contributed by atoms with Gasteiger partial charge in [-0.05, 0) is 18.2 Å². The standard InChI is InChI=1S/C9H8N2O2S/c1-14(12,13)8-3-2-7-5-10-6-11-9(7)4-8/h2-6H,1H3. The molecule has 0 aliphatic rings. The van der Waals surface area contributed by atoms with Crippen LogP contribution >= 0.6 is 0 Å². The van der Waals surface area contributed by atoms with Crippen LogP contribution in [0, 0.1) is 0 Å². The predicted molar refractivity (Wildman–Crippen MR) is 52.6 cm³/mol. The van der Waals surface area contributed by atoms with E-state index in [0.29, 0.717) is 5.52 Å². The van der Waals surface area contributed by atoms with Gasteiger partial charge in [0.15, 0.2) is 9.84 Å². The summed E-state index contributed by atoms with van der Waals surface area (Å²) in [6, 6.07) is 4.80. The molecule has 0 bridgehead atoms. The zero-order chi connectivity index (χ0) is 10.2. The molecule has 1 heterocycles. The summed E-state index contributed by atoms with van der Waals surface area (Å²) in [6.07, 6.45) is 4.22. The Bertz CT molecular complexity index is 578. The molecule has 0 radical (unpaired) electrons. The Balaban J connectivity index is 2.75. The fraction of sp³-hybridized carbons (Fsp3) is 0.111. The van der Waals surface area contributed by atoms with E-state index in [1.807, 2.05) is 0 Å². The van der Waals surface area contributed by atoms with Crippen LogP contribution in [0.3, 0.4) is 0 Å². The number of sulfone groups is 1. The highest BCUT2D eigenvalue weighted by molar-refractivity contribution is 7.90. The molecular formula is C9H8N2O2S. The van der Waals surface area contributed by atoms with Gasteiger partial charge < -0.3 is 0 Å². The van der Waals surface area contributed by atoms with Gasteiger partial charge in [-0.15, -0.1) is 0 Å². The van der Waals surface area contributed by atoms with Gasteiger partial charge >= 0.3 is 0 Å². The lowest BCUT2D eigenvalue weighted by molar-refractivity contribution is 0.602. The third-order valence-corrected chi connectivity index (χ3v) is 3.02. The van der Waals surface area contributed by atoms with Crippen LogP contribution in [0.2, 0.25) is 0 Å². The van der Waals surface area contributed by atoms with Crippen LogP contribution in [0.1, 0.15) is 0 Å². The molecule has 1 aromatic heterocycles. The molecule has 0 aliphatic heterocycles. The van der Waals surface area contributed by atoms with Crippen molar-refractivity contribution < 1.29 is 8.42 Å². The van der Waals surface area contributed by atoms with Gasteiger partial charge in [0.05, 0.1) is 10.4 Å². The van der Waals surface area contributed by atoms with E-state index in [4.69, 9.17) is 0 Å². The van der Waals surface area contributed by atoms with Crippen LogP contribution in [-0.4, -0.2) is 24.6 Å². The summed E-state index contributed by atoms with van der Waals surface area (Å²) in [5.41, 5.74) is 0.642. The Hall–Kier alpha value is -1.49. The van der Waals surface area contributed by atoms with Crippen molar-refractivity contribution in [1.29, 1.82) is 0 Å². The third-order valence-electron chi connectivity index (χ3n) is 1.91. The molecular weight excluding hydrogens is 200 g/mol. The molecule has 0 amide bonds. The van der Waals surface area contributed by atoms with E-state index in [9.17, 15) is 8.42 Å². The second-order valence-electron chi connectivity index (χ2n) is 3.02. The first-order valence-corrected chi connectivity index (χ1v) is 5.86. The van der Waals surface area contributed by atoms with Crippen molar-refractivity contribution in [3.05, 3.63) is 30.7 Å². The highest BCUT2D eigenvalue weighted by Gasteiger charge is 2.07. The van der Waals surface area contributed by atoms with E-state index < -0.39 is 9.84 Å². The monoisotopic (exact) mass is 208 g/mol. The molecule has 0 N–H and O–H groups in total. The summed E-state index contributed by atoms with van der Waals surface area (Å²) >= 11 is 0. The first-order chi connectivity index (χ1) is 6.57. The van der Waals surface area contributed by atoms with Crippen LogP contribution < -0.4 is 0 Å². The van der Waals surface area contributed by atoms with Crippen LogP contribution in [0.5, 0.6) is 0 Å². The van der Waals surface area contributed by atoms with Gasteiger partial charge in [-0.2, -0.15) is 0 Å². The van der Waals surface area contributed by atoms with Crippen molar-refractivity contribution in [1.82, 2.24) is 9.97 Å². The van der Waals surface area contributed by atoms with Gasteiger partial charge in [0, 0.05) is 17.8 Å². The SMILES string of the molecule is CS(=O)(=O)c1ccc2cncnc2c1. The lowest BCUT2D eigenvalue weighted by atomic mass is 10.2. The number of hydrogen-bond acceptors (Lipinski definition) is 4.